The fourth-order valence-corrected chi connectivity index (χ4v) is 2.69. The number of ether oxygens (including phenoxy) is 1. The molecule has 0 saturated heterocycles. The van der Waals surface area contributed by atoms with Crippen LogP contribution in [-0.4, -0.2) is 38.5 Å². The average Bonchev–Trinajstić information content (AvgIpc) is 2.93. The lowest BCUT2D eigenvalue weighted by atomic mass is 10.2. The fraction of sp³-hybridized carbons (Fsp3) is 0.429. The molecule has 0 fully saturated rings. The highest BCUT2D eigenvalue weighted by Gasteiger charge is 2.13. The molecule has 21 heavy (non-hydrogen) atoms. The first-order valence-corrected chi connectivity index (χ1v) is 7.71. The zero-order chi connectivity index (χ0) is 15.1. The summed E-state index contributed by atoms with van der Waals surface area (Å²) < 4.78 is 6.45. The van der Waals surface area contributed by atoms with Crippen LogP contribution in [0, 0.1) is 0 Å². The summed E-state index contributed by atoms with van der Waals surface area (Å²) in [5.41, 5.74) is 1.15. The van der Waals surface area contributed by atoms with E-state index in [0.29, 0.717) is 18.7 Å². The molecule has 1 heterocycles. The van der Waals surface area contributed by atoms with Crippen molar-refractivity contribution in [2.24, 2.45) is 0 Å². The molecule has 1 aromatic carbocycles. The molecule has 0 amide bonds. The van der Waals surface area contributed by atoms with Crippen LogP contribution in [0.2, 0.25) is 0 Å². The van der Waals surface area contributed by atoms with Crippen molar-refractivity contribution < 1.29 is 9.53 Å². The first-order chi connectivity index (χ1) is 10.2. The number of methoxy groups -OCH3 is 1. The quantitative estimate of drug-likeness (QED) is 0.728. The molecule has 0 aliphatic heterocycles. The Labute approximate surface area is 127 Å². The summed E-state index contributed by atoms with van der Waals surface area (Å²) in [6.45, 7) is 2.64. The zero-order valence-corrected chi connectivity index (χ0v) is 12.9. The van der Waals surface area contributed by atoms with Gasteiger partial charge in [-0.05, 0) is 16.0 Å². The van der Waals surface area contributed by atoms with Crippen molar-refractivity contribution >= 4 is 17.7 Å². The first kappa shape index (κ1) is 15.5. The Morgan fingerprint density at radius 3 is 2.86 bits per heavy atom. The average molecular weight is 306 g/mol. The minimum Gasteiger partial charge on any atom is -0.469 e. The van der Waals surface area contributed by atoms with Crippen molar-refractivity contribution in [1.29, 1.82) is 0 Å². The number of tetrazole rings is 1. The summed E-state index contributed by atoms with van der Waals surface area (Å²) in [5, 5.41) is 12.0. The van der Waals surface area contributed by atoms with E-state index < -0.39 is 0 Å². The molecule has 1 aromatic heterocycles. The molecule has 0 radical (unpaired) electrons. The number of benzene rings is 1. The molecule has 0 spiro atoms. The van der Waals surface area contributed by atoms with E-state index in [4.69, 9.17) is 0 Å². The number of nitrogens with zero attached hydrogens (tertiary/aromatic N) is 4. The van der Waals surface area contributed by atoms with Gasteiger partial charge in [0.1, 0.15) is 0 Å². The Morgan fingerprint density at radius 2 is 2.14 bits per heavy atom. The number of rotatable bonds is 7. The number of esters is 1. The predicted octanol–water partition coefficient (Wildman–Crippen LogP) is 1.91. The van der Waals surface area contributed by atoms with E-state index in [2.05, 4.69) is 20.3 Å². The van der Waals surface area contributed by atoms with Crippen LogP contribution < -0.4 is 0 Å². The molecule has 1 unspecified atom stereocenters. The maximum atomic E-state index is 11.2. The van der Waals surface area contributed by atoms with Crippen LogP contribution in [0.15, 0.2) is 30.3 Å². The molecule has 0 aliphatic carbocycles. The minimum atomic E-state index is -0.195. The Kier molecular flexibility index (Phi) is 5.74. The summed E-state index contributed by atoms with van der Waals surface area (Å²) in [6, 6.07) is 10.0. The lowest BCUT2D eigenvalue weighted by Gasteiger charge is -2.09. The third kappa shape index (κ3) is 4.86. The molecule has 2 aromatic rings. The molecule has 112 valence electrons. The van der Waals surface area contributed by atoms with E-state index in [1.807, 2.05) is 37.3 Å². The molecular formula is C14H18N4O2S. The van der Waals surface area contributed by atoms with Gasteiger partial charge < -0.3 is 4.74 Å². The number of aromatic nitrogens is 4. The van der Waals surface area contributed by atoms with E-state index in [1.54, 1.807) is 16.4 Å². The Balaban J connectivity index is 1.90. The van der Waals surface area contributed by atoms with Crippen molar-refractivity contribution in [3.8, 4) is 0 Å². The van der Waals surface area contributed by atoms with Gasteiger partial charge in [-0.25, -0.2) is 4.68 Å². The second kappa shape index (κ2) is 7.78. The van der Waals surface area contributed by atoms with Gasteiger partial charge in [-0.15, -0.1) is 5.10 Å². The van der Waals surface area contributed by atoms with Crippen molar-refractivity contribution in [2.75, 3.05) is 7.11 Å². The topological polar surface area (TPSA) is 69.9 Å². The largest absolute Gasteiger partial charge is 0.469 e. The van der Waals surface area contributed by atoms with Crippen LogP contribution in [0.25, 0.3) is 0 Å². The summed E-state index contributed by atoms with van der Waals surface area (Å²) >= 11 is 1.64. The second-order valence-corrected chi connectivity index (χ2v) is 6.07. The van der Waals surface area contributed by atoms with Gasteiger partial charge in [0, 0.05) is 5.25 Å². The number of carbonyl (C=O) groups excluding carboxylic acids is 1. The SMILES string of the molecule is COC(=O)CC(C)SCc1nnnn1Cc1ccccc1. The third-order valence-corrected chi connectivity index (χ3v) is 4.12. The van der Waals surface area contributed by atoms with Crippen molar-refractivity contribution in [3.63, 3.8) is 0 Å². The highest BCUT2D eigenvalue weighted by Crippen LogP contribution is 2.19. The smallest absolute Gasteiger partial charge is 0.306 e. The molecule has 0 bridgehead atoms. The standard InChI is InChI=1S/C14H18N4O2S/c1-11(8-14(19)20-2)21-10-13-15-16-17-18(13)9-12-6-4-3-5-7-12/h3-7,11H,8-10H2,1-2H3. The van der Waals surface area contributed by atoms with Crippen LogP contribution in [0.1, 0.15) is 24.7 Å². The molecule has 2 rings (SSSR count). The molecular weight excluding hydrogens is 288 g/mol. The van der Waals surface area contributed by atoms with Gasteiger partial charge in [0.15, 0.2) is 5.82 Å². The minimum absolute atomic E-state index is 0.166. The monoisotopic (exact) mass is 306 g/mol. The van der Waals surface area contributed by atoms with Gasteiger partial charge in [0.05, 0.1) is 25.8 Å². The third-order valence-electron chi connectivity index (χ3n) is 2.96. The highest BCUT2D eigenvalue weighted by molar-refractivity contribution is 7.99. The fourth-order valence-electron chi connectivity index (χ4n) is 1.80. The van der Waals surface area contributed by atoms with Crippen molar-refractivity contribution in [1.82, 2.24) is 20.2 Å². The number of carbonyl (C=O) groups is 1. The van der Waals surface area contributed by atoms with E-state index in [9.17, 15) is 4.79 Å². The normalized spacial score (nSPS) is 12.1. The number of hydrogen-bond acceptors (Lipinski definition) is 6. The van der Waals surface area contributed by atoms with E-state index >= 15 is 0 Å². The van der Waals surface area contributed by atoms with E-state index in [-0.39, 0.29) is 11.2 Å². The van der Waals surface area contributed by atoms with Crippen LogP contribution in [0.5, 0.6) is 0 Å². The lowest BCUT2D eigenvalue weighted by Crippen LogP contribution is -2.11. The highest BCUT2D eigenvalue weighted by atomic mass is 32.2. The number of thioether (sulfide) groups is 1. The van der Waals surface area contributed by atoms with Gasteiger partial charge in [0.25, 0.3) is 0 Å². The van der Waals surface area contributed by atoms with Crippen LogP contribution in [0.3, 0.4) is 0 Å². The zero-order valence-electron chi connectivity index (χ0n) is 12.1. The van der Waals surface area contributed by atoms with Crippen molar-refractivity contribution in [3.05, 3.63) is 41.7 Å². The van der Waals surface area contributed by atoms with Crippen LogP contribution >= 0.6 is 11.8 Å². The van der Waals surface area contributed by atoms with E-state index in [0.717, 1.165) is 11.4 Å². The van der Waals surface area contributed by atoms with Gasteiger partial charge in [-0.3, -0.25) is 4.79 Å². The summed E-state index contributed by atoms with van der Waals surface area (Å²) in [4.78, 5) is 11.2. The lowest BCUT2D eigenvalue weighted by molar-refractivity contribution is -0.140. The van der Waals surface area contributed by atoms with Crippen LogP contribution in [0.4, 0.5) is 0 Å². The first-order valence-electron chi connectivity index (χ1n) is 6.66. The molecule has 0 N–H and O–H groups in total. The molecule has 0 saturated carbocycles. The predicted molar refractivity (Wildman–Crippen MR) is 80.8 cm³/mol. The summed E-state index contributed by atoms with van der Waals surface area (Å²) in [7, 11) is 1.40. The molecule has 0 aliphatic rings. The maximum Gasteiger partial charge on any atom is 0.306 e. The van der Waals surface area contributed by atoms with Crippen molar-refractivity contribution in [2.45, 2.75) is 30.9 Å². The molecule has 6 nitrogen and oxygen atoms in total. The second-order valence-electron chi connectivity index (χ2n) is 4.64. The summed E-state index contributed by atoms with van der Waals surface area (Å²) in [5.74, 6) is 1.28. The molecule has 1 atom stereocenters. The Morgan fingerprint density at radius 1 is 1.38 bits per heavy atom. The molecule has 7 heteroatoms. The van der Waals surface area contributed by atoms with E-state index in [1.165, 1.54) is 7.11 Å². The van der Waals surface area contributed by atoms with Gasteiger partial charge in [-0.2, -0.15) is 11.8 Å². The van der Waals surface area contributed by atoms with Gasteiger partial charge in [-0.1, -0.05) is 37.3 Å². The van der Waals surface area contributed by atoms with Gasteiger partial charge >= 0.3 is 5.97 Å². The van der Waals surface area contributed by atoms with Gasteiger partial charge in [0.2, 0.25) is 0 Å². The summed E-state index contributed by atoms with van der Waals surface area (Å²) in [6.07, 6.45) is 0.390. The Hall–Kier alpha value is -1.89. The van der Waals surface area contributed by atoms with Crippen LogP contribution in [-0.2, 0) is 21.8 Å². The number of hydrogen-bond donors (Lipinski definition) is 0. The maximum absolute atomic E-state index is 11.2. The Bertz CT molecular complexity index is 573.